The van der Waals surface area contributed by atoms with E-state index in [0.29, 0.717) is 6.42 Å². The van der Waals surface area contributed by atoms with Crippen LogP contribution in [0.4, 0.5) is 4.79 Å². The number of aliphatic hydroxyl groups is 1. The van der Waals surface area contributed by atoms with Crippen LogP contribution in [0.2, 0.25) is 0 Å². The second-order valence-electron chi connectivity index (χ2n) is 5.97. The number of carbonyl (C=O) groups excluding carboxylic acids is 1. The predicted octanol–water partition coefficient (Wildman–Crippen LogP) is 2.49. The van der Waals surface area contributed by atoms with Crippen LogP contribution in [-0.2, 0) is 18.3 Å². The van der Waals surface area contributed by atoms with E-state index < -0.39 is 24.6 Å². The summed E-state index contributed by atoms with van der Waals surface area (Å²) in [6.45, 7) is 8.77. The topological polar surface area (TPSA) is 94.1 Å². The van der Waals surface area contributed by atoms with Gasteiger partial charge in [0, 0.05) is 12.5 Å². The van der Waals surface area contributed by atoms with Gasteiger partial charge in [-0.3, -0.25) is 4.57 Å². The summed E-state index contributed by atoms with van der Waals surface area (Å²) in [4.78, 5) is 12.0. The van der Waals surface area contributed by atoms with E-state index in [4.69, 9.17) is 13.8 Å². The van der Waals surface area contributed by atoms with Crippen molar-refractivity contribution in [1.82, 2.24) is 5.32 Å². The van der Waals surface area contributed by atoms with Crippen molar-refractivity contribution in [3.05, 3.63) is 0 Å². The minimum absolute atomic E-state index is 0.188. The molecule has 1 aliphatic carbocycles. The number of nitrogens with one attached hydrogen (secondary N) is 1. The molecule has 1 fully saturated rings. The van der Waals surface area contributed by atoms with Crippen LogP contribution in [0.5, 0.6) is 0 Å². The molecule has 0 spiro atoms. The van der Waals surface area contributed by atoms with E-state index in [9.17, 15) is 14.5 Å². The highest BCUT2D eigenvalue weighted by Gasteiger charge is 2.69. The minimum Gasteiger partial charge on any atom is -0.444 e. The largest absolute Gasteiger partial charge is 0.444 e. The van der Waals surface area contributed by atoms with E-state index in [0.717, 1.165) is 0 Å². The maximum atomic E-state index is 12.9. The van der Waals surface area contributed by atoms with Gasteiger partial charge in [0.25, 0.3) is 0 Å². The molecule has 124 valence electrons. The number of hydrogen-bond donors (Lipinski definition) is 2. The zero-order chi connectivity index (χ0) is 16.3. The zero-order valence-electron chi connectivity index (χ0n) is 13.3. The Morgan fingerprint density at radius 3 is 2.19 bits per heavy atom. The van der Waals surface area contributed by atoms with Gasteiger partial charge in [-0.2, -0.15) is 0 Å². The maximum absolute atomic E-state index is 12.9. The molecule has 0 aromatic carbocycles. The lowest BCUT2D eigenvalue weighted by molar-refractivity contribution is 0.0495. The lowest BCUT2D eigenvalue weighted by atomic mass is 10.2. The summed E-state index contributed by atoms with van der Waals surface area (Å²) in [5.74, 6) is -0.367. The van der Waals surface area contributed by atoms with E-state index in [1.54, 1.807) is 34.6 Å². The first-order chi connectivity index (χ1) is 9.64. The molecule has 21 heavy (non-hydrogen) atoms. The fourth-order valence-electron chi connectivity index (χ4n) is 2.18. The molecule has 0 unspecified atom stereocenters. The Morgan fingerprint density at radius 2 is 1.86 bits per heavy atom. The summed E-state index contributed by atoms with van der Waals surface area (Å²) in [7, 11) is -3.58. The van der Waals surface area contributed by atoms with E-state index >= 15 is 0 Å². The third-order valence-corrected chi connectivity index (χ3v) is 5.93. The number of alkyl carbamates (subject to hydrolysis) is 1. The molecule has 7 nitrogen and oxygen atoms in total. The molecule has 0 bridgehead atoms. The van der Waals surface area contributed by atoms with Gasteiger partial charge < -0.3 is 24.2 Å². The Morgan fingerprint density at radius 1 is 1.33 bits per heavy atom. The molecule has 1 aliphatic rings. The van der Waals surface area contributed by atoms with E-state index in [-0.39, 0.29) is 25.7 Å². The summed E-state index contributed by atoms with van der Waals surface area (Å²) < 4.78 is 28.8. The quantitative estimate of drug-likeness (QED) is 0.699. The smallest absolute Gasteiger partial charge is 0.408 e. The van der Waals surface area contributed by atoms with E-state index in [1.807, 2.05) is 0 Å². The number of ether oxygens (including phenoxy) is 1. The van der Waals surface area contributed by atoms with Gasteiger partial charge in [0.1, 0.15) is 5.60 Å². The molecule has 0 saturated heterocycles. The molecule has 0 aromatic heterocycles. The monoisotopic (exact) mass is 323 g/mol. The Bertz CT molecular complexity index is 411. The third-order valence-electron chi connectivity index (χ3n) is 3.10. The van der Waals surface area contributed by atoms with Crippen molar-refractivity contribution < 1.29 is 28.3 Å². The van der Waals surface area contributed by atoms with Crippen LogP contribution in [-0.4, -0.2) is 41.9 Å². The van der Waals surface area contributed by atoms with Crippen molar-refractivity contribution in [2.45, 2.75) is 51.9 Å². The fraction of sp³-hybridized carbons (Fsp3) is 0.923. The van der Waals surface area contributed by atoms with Crippen LogP contribution in [0.1, 0.15) is 41.0 Å². The SMILES string of the molecule is CCOP(=O)(OCC)[C@@]1(NC(=O)OC(C)(C)C)C[C@@H]1CO. The van der Waals surface area contributed by atoms with Gasteiger partial charge >= 0.3 is 13.7 Å². The highest BCUT2D eigenvalue weighted by Crippen LogP contribution is 2.72. The van der Waals surface area contributed by atoms with Crippen molar-refractivity contribution >= 4 is 13.7 Å². The predicted molar refractivity (Wildman–Crippen MR) is 78.2 cm³/mol. The fourth-order valence-corrected chi connectivity index (χ4v) is 4.59. The van der Waals surface area contributed by atoms with E-state index in [1.165, 1.54) is 0 Å². The Hall–Kier alpha value is -0.620. The number of amides is 1. The number of carbonyl (C=O) groups is 1. The molecular weight excluding hydrogens is 297 g/mol. The summed E-state index contributed by atoms with van der Waals surface area (Å²) >= 11 is 0. The van der Waals surface area contributed by atoms with Gasteiger partial charge in [0.15, 0.2) is 5.28 Å². The summed E-state index contributed by atoms with van der Waals surface area (Å²) in [6, 6.07) is 0. The highest BCUT2D eigenvalue weighted by atomic mass is 31.2. The first-order valence-corrected chi connectivity index (χ1v) is 8.69. The molecule has 1 amide bonds. The Kier molecular flexibility index (Phi) is 5.83. The maximum Gasteiger partial charge on any atom is 0.408 e. The van der Waals surface area contributed by atoms with Gasteiger partial charge in [0.05, 0.1) is 13.2 Å². The van der Waals surface area contributed by atoms with Crippen LogP contribution in [0.25, 0.3) is 0 Å². The Labute approximate surface area is 125 Å². The first-order valence-electron chi connectivity index (χ1n) is 7.15. The molecule has 0 radical (unpaired) electrons. The molecule has 0 aliphatic heterocycles. The minimum atomic E-state index is -3.58. The van der Waals surface area contributed by atoms with Crippen LogP contribution in [0, 0.1) is 5.92 Å². The average Bonchev–Trinajstić information content (AvgIpc) is 3.02. The van der Waals surface area contributed by atoms with Crippen molar-refractivity contribution in [3.63, 3.8) is 0 Å². The molecular formula is C13H26NO6P. The van der Waals surface area contributed by atoms with Crippen LogP contribution in [0.15, 0.2) is 0 Å². The summed E-state index contributed by atoms with van der Waals surface area (Å²) in [6.07, 6.45) is -0.363. The van der Waals surface area contributed by atoms with Crippen molar-refractivity contribution in [2.75, 3.05) is 19.8 Å². The average molecular weight is 323 g/mol. The lowest BCUT2D eigenvalue weighted by Gasteiger charge is -2.29. The lowest BCUT2D eigenvalue weighted by Crippen LogP contribution is -2.43. The zero-order valence-corrected chi connectivity index (χ0v) is 14.2. The Balaban J connectivity index is 2.93. The summed E-state index contributed by atoms with van der Waals surface area (Å²) in [5, 5.41) is 10.8. The number of hydrogen-bond acceptors (Lipinski definition) is 6. The normalized spacial score (nSPS) is 25.5. The first kappa shape index (κ1) is 18.4. The van der Waals surface area contributed by atoms with Crippen molar-refractivity contribution in [1.29, 1.82) is 0 Å². The van der Waals surface area contributed by atoms with Crippen molar-refractivity contribution in [2.24, 2.45) is 5.92 Å². The van der Waals surface area contributed by atoms with Crippen molar-refractivity contribution in [3.8, 4) is 0 Å². The molecule has 2 N–H and O–H groups in total. The number of rotatable bonds is 7. The van der Waals surface area contributed by atoms with E-state index in [2.05, 4.69) is 5.32 Å². The molecule has 1 saturated carbocycles. The van der Waals surface area contributed by atoms with Gasteiger partial charge in [-0.15, -0.1) is 0 Å². The molecule has 0 aromatic rings. The summed E-state index contributed by atoms with van der Waals surface area (Å²) in [5.41, 5.74) is -0.671. The number of aliphatic hydroxyl groups excluding tert-OH is 1. The molecule has 8 heteroatoms. The van der Waals surface area contributed by atoms with Crippen LogP contribution >= 0.6 is 7.60 Å². The second kappa shape index (κ2) is 6.65. The second-order valence-corrected chi connectivity index (χ2v) is 8.28. The van der Waals surface area contributed by atoms with Gasteiger partial charge in [-0.05, 0) is 41.0 Å². The standard InChI is InChI=1S/C13H26NO6P/c1-6-18-21(17,19-7-2)13(8-10(13)9-15)14-11(16)20-12(3,4)5/h10,15H,6-9H2,1-5H3,(H,14,16)/t10-,13+/m1/s1. The molecule has 1 rings (SSSR count). The van der Waals surface area contributed by atoms with Crippen LogP contribution < -0.4 is 5.32 Å². The molecule has 2 atom stereocenters. The third kappa shape index (κ3) is 4.19. The van der Waals surface area contributed by atoms with Gasteiger partial charge in [-0.25, -0.2) is 4.79 Å². The highest BCUT2D eigenvalue weighted by molar-refractivity contribution is 7.56. The molecule has 0 heterocycles. The van der Waals surface area contributed by atoms with Gasteiger partial charge in [-0.1, -0.05) is 0 Å². The van der Waals surface area contributed by atoms with Gasteiger partial charge in [0.2, 0.25) is 0 Å². The van der Waals surface area contributed by atoms with Crippen LogP contribution in [0.3, 0.4) is 0 Å².